The number of aromatic nitrogens is 2. The van der Waals surface area contributed by atoms with Gasteiger partial charge in [-0.2, -0.15) is 0 Å². The van der Waals surface area contributed by atoms with Crippen LogP contribution in [-0.4, -0.2) is 18.1 Å². The van der Waals surface area contributed by atoms with Crippen molar-refractivity contribution in [2.45, 2.75) is 6.42 Å². The van der Waals surface area contributed by atoms with Crippen molar-refractivity contribution >= 4 is 22.4 Å². The van der Waals surface area contributed by atoms with Gasteiger partial charge in [-0.15, -0.1) is 0 Å². The fourth-order valence-electron chi connectivity index (χ4n) is 2.25. The zero-order chi connectivity index (χ0) is 16.1. The molecule has 0 saturated carbocycles. The van der Waals surface area contributed by atoms with Crippen molar-refractivity contribution in [1.82, 2.24) is 4.98 Å². The summed E-state index contributed by atoms with van der Waals surface area (Å²) in [5, 5.41) is 15.6. The van der Waals surface area contributed by atoms with Crippen LogP contribution in [0, 0.1) is 5.21 Å². The van der Waals surface area contributed by atoms with Crippen molar-refractivity contribution in [3.8, 4) is 5.75 Å². The molecule has 0 spiro atoms. The molecule has 0 aliphatic rings. The van der Waals surface area contributed by atoms with Gasteiger partial charge >= 0.3 is 0 Å². The van der Waals surface area contributed by atoms with Gasteiger partial charge in [-0.25, -0.2) is 4.73 Å². The van der Waals surface area contributed by atoms with Crippen LogP contribution in [0.2, 0.25) is 0 Å². The summed E-state index contributed by atoms with van der Waals surface area (Å²) in [7, 11) is 0. The predicted octanol–water partition coefficient (Wildman–Crippen LogP) is 2.33. The van der Waals surface area contributed by atoms with Gasteiger partial charge in [0.1, 0.15) is 5.75 Å². The first-order valence-corrected chi connectivity index (χ1v) is 7.42. The van der Waals surface area contributed by atoms with Gasteiger partial charge in [0.05, 0.1) is 30.9 Å². The fourth-order valence-corrected chi connectivity index (χ4v) is 2.25. The minimum Gasteiger partial charge on any atom is -0.711 e. The minimum absolute atomic E-state index is 0.446. The Morgan fingerprint density at radius 1 is 1.22 bits per heavy atom. The number of ether oxygens (including phenoxy) is 1. The largest absolute Gasteiger partial charge is 0.711 e. The lowest BCUT2D eigenvalue weighted by Gasteiger charge is -2.10. The summed E-state index contributed by atoms with van der Waals surface area (Å²) in [5.74, 6) is 1.26. The number of benzene rings is 1. The maximum absolute atomic E-state index is 11.5. The van der Waals surface area contributed by atoms with E-state index in [1.165, 1.54) is 6.20 Å². The molecule has 0 fully saturated rings. The Kier molecular flexibility index (Phi) is 4.42. The second kappa shape index (κ2) is 6.83. The lowest BCUT2D eigenvalue weighted by molar-refractivity contribution is -0.590. The molecule has 0 amide bonds. The molecule has 2 aromatic heterocycles. The number of fused-ring (bicyclic) bond motifs is 1. The van der Waals surface area contributed by atoms with Crippen LogP contribution in [0.3, 0.4) is 0 Å². The summed E-state index contributed by atoms with van der Waals surface area (Å²) in [4.78, 5) is 4.27. The SMILES string of the molecule is Nc1cc[n+]([O-])c(NCCCOc2ccc3ncccc3c2)c1. The Bertz CT molecular complexity index is 807. The molecule has 3 N–H and O–H groups in total. The van der Waals surface area contributed by atoms with E-state index >= 15 is 0 Å². The van der Waals surface area contributed by atoms with E-state index in [0.29, 0.717) is 24.7 Å². The first kappa shape index (κ1) is 14.9. The molecular formula is C17H18N4O2. The second-order valence-electron chi connectivity index (χ2n) is 5.16. The Hall–Kier alpha value is -3.02. The number of hydrogen-bond donors (Lipinski definition) is 2. The van der Waals surface area contributed by atoms with Crippen molar-refractivity contribution in [2.75, 3.05) is 24.2 Å². The van der Waals surface area contributed by atoms with Crippen molar-refractivity contribution in [2.24, 2.45) is 0 Å². The number of pyridine rings is 2. The van der Waals surface area contributed by atoms with Gasteiger partial charge < -0.3 is 15.7 Å². The van der Waals surface area contributed by atoms with Gasteiger partial charge in [0.15, 0.2) is 0 Å². The number of nitrogens with one attached hydrogen (secondary N) is 1. The molecule has 3 aromatic rings. The molecule has 0 unspecified atom stereocenters. The number of anilines is 2. The van der Waals surface area contributed by atoms with Crippen LogP contribution >= 0.6 is 0 Å². The van der Waals surface area contributed by atoms with Gasteiger partial charge in [0.2, 0.25) is 0 Å². The van der Waals surface area contributed by atoms with Crippen molar-refractivity contribution in [3.63, 3.8) is 0 Å². The molecule has 6 heteroatoms. The average molecular weight is 310 g/mol. The van der Waals surface area contributed by atoms with E-state index < -0.39 is 0 Å². The van der Waals surface area contributed by atoms with Crippen LogP contribution in [0.5, 0.6) is 5.75 Å². The molecule has 1 aromatic carbocycles. The summed E-state index contributed by atoms with van der Waals surface area (Å²) >= 11 is 0. The lowest BCUT2D eigenvalue weighted by Crippen LogP contribution is -2.30. The highest BCUT2D eigenvalue weighted by Gasteiger charge is 2.04. The number of rotatable bonds is 6. The molecule has 3 rings (SSSR count). The van der Waals surface area contributed by atoms with Gasteiger partial charge in [-0.1, -0.05) is 6.07 Å². The first-order chi connectivity index (χ1) is 11.2. The second-order valence-corrected chi connectivity index (χ2v) is 5.16. The smallest absolute Gasteiger partial charge is 0.279 e. The summed E-state index contributed by atoms with van der Waals surface area (Å²) in [5.41, 5.74) is 7.16. The summed E-state index contributed by atoms with van der Waals surface area (Å²) in [6.45, 7) is 1.18. The molecule has 23 heavy (non-hydrogen) atoms. The Labute approximate surface area is 134 Å². The van der Waals surface area contributed by atoms with Gasteiger partial charge in [0.25, 0.3) is 5.82 Å². The molecule has 0 aliphatic heterocycles. The summed E-state index contributed by atoms with van der Waals surface area (Å²) < 4.78 is 6.49. The maximum atomic E-state index is 11.5. The number of nitrogen functional groups attached to an aromatic ring is 1. The molecule has 2 heterocycles. The Balaban J connectivity index is 1.48. The number of nitrogens with two attached hydrogens (primary N) is 1. The molecule has 0 bridgehead atoms. The first-order valence-electron chi connectivity index (χ1n) is 7.42. The van der Waals surface area contributed by atoms with Crippen LogP contribution in [0.25, 0.3) is 10.9 Å². The van der Waals surface area contributed by atoms with E-state index in [1.807, 2.05) is 30.3 Å². The maximum Gasteiger partial charge on any atom is 0.279 e. The minimum atomic E-state index is 0.446. The van der Waals surface area contributed by atoms with Gasteiger partial charge in [0, 0.05) is 29.8 Å². The fraction of sp³-hybridized carbons (Fsp3) is 0.176. The molecule has 0 atom stereocenters. The standard InChI is InChI=1S/C17H18N4O2/c18-14-6-9-21(22)17(12-14)20-8-2-10-23-15-4-5-16-13(11-15)3-1-7-19-16/h1,3-7,9,11-12,20H,2,8,10,18H2. The van der Waals surface area contributed by atoms with Crippen LogP contribution in [-0.2, 0) is 0 Å². The zero-order valence-corrected chi connectivity index (χ0v) is 12.6. The van der Waals surface area contributed by atoms with E-state index in [9.17, 15) is 5.21 Å². The topological polar surface area (TPSA) is 87.1 Å². The number of hydrogen-bond acceptors (Lipinski definition) is 5. The number of nitrogens with zero attached hydrogens (tertiary/aromatic N) is 2. The Morgan fingerprint density at radius 2 is 2.13 bits per heavy atom. The molecule has 118 valence electrons. The predicted molar refractivity (Wildman–Crippen MR) is 90.2 cm³/mol. The van der Waals surface area contributed by atoms with E-state index in [4.69, 9.17) is 10.5 Å². The highest BCUT2D eigenvalue weighted by Crippen LogP contribution is 2.19. The molecule has 6 nitrogen and oxygen atoms in total. The highest BCUT2D eigenvalue weighted by molar-refractivity contribution is 5.79. The zero-order valence-electron chi connectivity index (χ0n) is 12.6. The van der Waals surface area contributed by atoms with Crippen molar-refractivity contribution in [1.29, 1.82) is 0 Å². The normalized spacial score (nSPS) is 10.6. The third-order valence-electron chi connectivity index (χ3n) is 3.41. The quantitative estimate of drug-likeness (QED) is 0.414. The van der Waals surface area contributed by atoms with E-state index in [2.05, 4.69) is 10.3 Å². The monoisotopic (exact) mass is 310 g/mol. The molecule has 0 saturated heterocycles. The van der Waals surface area contributed by atoms with E-state index in [0.717, 1.165) is 27.8 Å². The summed E-state index contributed by atoms with van der Waals surface area (Å²) in [6, 6.07) is 12.9. The van der Waals surface area contributed by atoms with Crippen LogP contribution in [0.4, 0.5) is 11.5 Å². The van der Waals surface area contributed by atoms with Crippen LogP contribution < -0.4 is 20.5 Å². The molecule has 0 radical (unpaired) electrons. The highest BCUT2D eigenvalue weighted by atomic mass is 16.5. The molecule has 0 aliphatic carbocycles. The average Bonchev–Trinajstić information content (AvgIpc) is 2.57. The van der Waals surface area contributed by atoms with Crippen LogP contribution in [0.15, 0.2) is 54.9 Å². The van der Waals surface area contributed by atoms with E-state index in [1.54, 1.807) is 18.3 Å². The lowest BCUT2D eigenvalue weighted by atomic mass is 10.2. The van der Waals surface area contributed by atoms with Gasteiger partial charge in [-0.3, -0.25) is 10.3 Å². The van der Waals surface area contributed by atoms with Gasteiger partial charge in [-0.05, 0) is 24.3 Å². The van der Waals surface area contributed by atoms with Crippen LogP contribution in [0.1, 0.15) is 6.42 Å². The van der Waals surface area contributed by atoms with Crippen molar-refractivity contribution in [3.05, 3.63) is 60.1 Å². The molecular weight excluding hydrogens is 292 g/mol. The third kappa shape index (κ3) is 3.79. The van der Waals surface area contributed by atoms with E-state index in [-0.39, 0.29) is 0 Å². The third-order valence-corrected chi connectivity index (χ3v) is 3.41. The van der Waals surface area contributed by atoms with Crippen molar-refractivity contribution < 1.29 is 9.47 Å². The Morgan fingerprint density at radius 3 is 3.04 bits per heavy atom. The summed E-state index contributed by atoms with van der Waals surface area (Å²) in [6.07, 6.45) is 3.92.